The van der Waals surface area contributed by atoms with E-state index < -0.39 is 0 Å². The van der Waals surface area contributed by atoms with Crippen LogP contribution in [0.3, 0.4) is 0 Å². The Labute approximate surface area is 158 Å². The molecule has 136 valence electrons. The minimum Gasteiger partial charge on any atom is -0.337 e. The van der Waals surface area contributed by atoms with Crippen molar-refractivity contribution in [3.63, 3.8) is 0 Å². The lowest BCUT2D eigenvalue weighted by Crippen LogP contribution is -2.49. The highest BCUT2D eigenvalue weighted by Crippen LogP contribution is 2.40. The van der Waals surface area contributed by atoms with E-state index >= 15 is 0 Å². The Morgan fingerprint density at radius 2 is 1.52 bits per heavy atom. The Hall–Kier alpha value is -3.14. The van der Waals surface area contributed by atoms with Crippen molar-refractivity contribution in [1.29, 1.82) is 0 Å². The van der Waals surface area contributed by atoms with E-state index in [9.17, 15) is 9.59 Å². The highest BCUT2D eigenvalue weighted by Gasteiger charge is 2.40. The molecule has 2 heterocycles. The van der Waals surface area contributed by atoms with Crippen LogP contribution in [0, 0.1) is 0 Å². The molecule has 0 aliphatic carbocycles. The van der Waals surface area contributed by atoms with Crippen LogP contribution in [0.15, 0.2) is 83.8 Å². The first-order chi connectivity index (χ1) is 13.2. The number of hydrogen-bond acceptors (Lipinski definition) is 2. The first-order valence-electron chi connectivity index (χ1n) is 9.28. The van der Waals surface area contributed by atoms with Crippen molar-refractivity contribution in [2.24, 2.45) is 0 Å². The average molecular weight is 358 g/mol. The Bertz CT molecular complexity index is 920. The van der Waals surface area contributed by atoms with Crippen molar-refractivity contribution in [3.05, 3.63) is 106 Å². The van der Waals surface area contributed by atoms with Gasteiger partial charge in [-0.25, -0.2) is 0 Å². The predicted molar refractivity (Wildman–Crippen MR) is 106 cm³/mol. The maximum absolute atomic E-state index is 13.1. The third-order valence-corrected chi connectivity index (χ3v) is 5.46. The normalized spacial score (nSPS) is 16.1. The number of nitrogens with one attached hydrogen (secondary N) is 1. The van der Waals surface area contributed by atoms with Gasteiger partial charge in [-0.15, -0.1) is 0 Å². The number of aromatic amines is 1. The number of H-pyrrole nitrogens is 1. The second kappa shape index (κ2) is 7.23. The van der Waals surface area contributed by atoms with Gasteiger partial charge in [0.1, 0.15) is 0 Å². The van der Waals surface area contributed by atoms with E-state index in [1.807, 2.05) is 17.0 Å². The smallest absolute Gasteiger partial charge is 0.255 e. The highest BCUT2D eigenvalue weighted by molar-refractivity contribution is 5.94. The fourth-order valence-electron chi connectivity index (χ4n) is 4.11. The predicted octanol–water partition coefficient (Wildman–Crippen LogP) is 3.60. The summed E-state index contributed by atoms with van der Waals surface area (Å²) in [4.78, 5) is 28.9. The summed E-state index contributed by atoms with van der Waals surface area (Å²) in [6.45, 7) is 1.35. The summed E-state index contributed by atoms with van der Waals surface area (Å²) < 4.78 is 0. The zero-order chi connectivity index (χ0) is 18.7. The molecule has 0 spiro atoms. The van der Waals surface area contributed by atoms with Crippen LogP contribution in [0.25, 0.3) is 0 Å². The monoisotopic (exact) mass is 358 g/mol. The molecule has 0 atom stereocenters. The number of likely N-dealkylation sites (tertiary alicyclic amines) is 1. The van der Waals surface area contributed by atoms with E-state index in [-0.39, 0.29) is 16.9 Å². The van der Waals surface area contributed by atoms with Gasteiger partial charge in [-0.1, -0.05) is 60.7 Å². The van der Waals surface area contributed by atoms with Gasteiger partial charge in [0, 0.05) is 30.8 Å². The lowest BCUT2D eigenvalue weighted by molar-refractivity contribution is 0.0666. The molecule has 1 N–H and O–H groups in total. The van der Waals surface area contributed by atoms with Crippen molar-refractivity contribution in [1.82, 2.24) is 9.88 Å². The molecule has 27 heavy (non-hydrogen) atoms. The van der Waals surface area contributed by atoms with E-state index in [0.29, 0.717) is 12.1 Å². The Kier molecular flexibility index (Phi) is 4.63. The number of hydrogen-bond donors (Lipinski definition) is 1. The molecule has 1 aliphatic rings. The summed E-state index contributed by atoms with van der Waals surface area (Å²) in [5.41, 5.74) is 2.56. The summed E-state index contributed by atoms with van der Waals surface area (Å²) in [5, 5.41) is 0. The third-order valence-electron chi connectivity index (χ3n) is 5.46. The van der Waals surface area contributed by atoms with Crippen LogP contribution >= 0.6 is 0 Å². The Morgan fingerprint density at radius 1 is 0.889 bits per heavy atom. The van der Waals surface area contributed by atoms with Gasteiger partial charge in [0.25, 0.3) is 5.91 Å². The van der Waals surface area contributed by atoms with Crippen LogP contribution in [0.4, 0.5) is 0 Å². The van der Waals surface area contributed by atoms with Crippen LogP contribution < -0.4 is 5.56 Å². The fraction of sp³-hybridized carbons (Fsp3) is 0.217. The van der Waals surface area contributed by atoms with Crippen LogP contribution in [-0.2, 0) is 5.41 Å². The maximum Gasteiger partial charge on any atom is 0.255 e. The second-order valence-corrected chi connectivity index (χ2v) is 7.09. The average Bonchev–Trinajstić information content (AvgIpc) is 2.75. The maximum atomic E-state index is 13.1. The van der Waals surface area contributed by atoms with Crippen molar-refractivity contribution in [3.8, 4) is 0 Å². The lowest BCUT2D eigenvalue weighted by atomic mass is 9.69. The van der Waals surface area contributed by atoms with E-state index in [1.54, 1.807) is 6.07 Å². The third kappa shape index (κ3) is 3.31. The molecule has 4 nitrogen and oxygen atoms in total. The summed E-state index contributed by atoms with van der Waals surface area (Å²) in [5.74, 6) is -0.0396. The molecule has 4 heteroatoms. The van der Waals surface area contributed by atoms with E-state index in [1.165, 1.54) is 23.4 Å². The van der Waals surface area contributed by atoms with Gasteiger partial charge in [0.05, 0.1) is 5.56 Å². The first-order valence-corrected chi connectivity index (χ1v) is 9.28. The number of rotatable bonds is 3. The van der Waals surface area contributed by atoms with Gasteiger partial charge >= 0.3 is 0 Å². The van der Waals surface area contributed by atoms with E-state index in [2.05, 4.69) is 53.5 Å². The molecule has 2 aromatic carbocycles. The number of aromatic nitrogens is 1. The lowest BCUT2D eigenvalue weighted by Gasteiger charge is -2.44. The molecule has 1 aromatic heterocycles. The van der Waals surface area contributed by atoms with Gasteiger partial charge < -0.3 is 9.88 Å². The van der Waals surface area contributed by atoms with Crippen molar-refractivity contribution in [2.75, 3.05) is 13.1 Å². The largest absolute Gasteiger partial charge is 0.337 e. The molecule has 1 aliphatic heterocycles. The van der Waals surface area contributed by atoms with E-state index in [4.69, 9.17) is 0 Å². The quantitative estimate of drug-likeness (QED) is 0.778. The molecule has 0 radical (unpaired) electrons. The number of amides is 1. The zero-order valence-corrected chi connectivity index (χ0v) is 15.1. The molecule has 0 saturated carbocycles. The van der Waals surface area contributed by atoms with Gasteiger partial charge in [0.15, 0.2) is 0 Å². The molecule has 0 unspecified atom stereocenters. The summed E-state index contributed by atoms with van der Waals surface area (Å²) in [6.07, 6.45) is 3.43. The number of pyridine rings is 1. The first kappa shape index (κ1) is 17.3. The number of piperidine rings is 1. The van der Waals surface area contributed by atoms with Gasteiger partial charge in [-0.2, -0.15) is 0 Å². The molecule has 1 amide bonds. The van der Waals surface area contributed by atoms with Crippen molar-refractivity contribution >= 4 is 5.91 Å². The number of nitrogens with zero attached hydrogens (tertiary/aromatic N) is 1. The molecule has 0 bridgehead atoms. The van der Waals surface area contributed by atoms with Gasteiger partial charge in [-0.3, -0.25) is 9.59 Å². The van der Waals surface area contributed by atoms with Crippen LogP contribution in [0.1, 0.15) is 34.3 Å². The molecular weight excluding hydrogens is 336 g/mol. The molecule has 3 aromatic rings. The van der Waals surface area contributed by atoms with Gasteiger partial charge in [-0.05, 0) is 30.0 Å². The van der Waals surface area contributed by atoms with Crippen molar-refractivity contribution < 1.29 is 4.79 Å². The van der Waals surface area contributed by atoms with Crippen LogP contribution in [0.2, 0.25) is 0 Å². The van der Waals surface area contributed by atoms with Crippen LogP contribution in [-0.4, -0.2) is 28.9 Å². The highest BCUT2D eigenvalue weighted by atomic mass is 16.2. The molecular formula is C23H22N2O2. The second-order valence-electron chi connectivity index (χ2n) is 7.09. The van der Waals surface area contributed by atoms with E-state index in [0.717, 1.165) is 19.4 Å². The minimum atomic E-state index is -0.224. The standard InChI is InChI=1S/C23H22N2O2/c26-21-13-12-18(16-24-21)22(27)25-15-7-14-23(17-25,19-8-3-1-4-9-19)20-10-5-2-6-11-20/h1-6,8-13,16H,7,14-15,17H2,(H,24,26). The number of benzene rings is 2. The molecule has 1 saturated heterocycles. The number of carbonyl (C=O) groups excluding carboxylic acids is 1. The zero-order valence-electron chi connectivity index (χ0n) is 15.1. The molecule has 1 fully saturated rings. The summed E-state index contributed by atoms with van der Waals surface area (Å²) in [7, 11) is 0. The van der Waals surface area contributed by atoms with Crippen LogP contribution in [0.5, 0.6) is 0 Å². The Morgan fingerprint density at radius 3 is 2.07 bits per heavy atom. The summed E-state index contributed by atoms with van der Waals surface area (Å²) >= 11 is 0. The minimum absolute atomic E-state index is 0.0396. The molecule has 4 rings (SSSR count). The van der Waals surface area contributed by atoms with Gasteiger partial charge in [0.2, 0.25) is 5.56 Å². The SMILES string of the molecule is O=C(c1ccc(=O)[nH]c1)N1CCCC(c2ccccc2)(c2ccccc2)C1. The summed E-state index contributed by atoms with van der Waals surface area (Å²) in [6, 6.07) is 23.9. The number of carbonyl (C=O) groups is 1. The Balaban J connectivity index is 1.73. The topological polar surface area (TPSA) is 53.2 Å². The van der Waals surface area contributed by atoms with Crippen molar-refractivity contribution in [2.45, 2.75) is 18.3 Å². The fourth-order valence-corrected chi connectivity index (χ4v) is 4.11.